The van der Waals surface area contributed by atoms with Crippen molar-refractivity contribution in [1.82, 2.24) is 0 Å². The van der Waals surface area contributed by atoms with E-state index in [0.29, 0.717) is 5.56 Å². The summed E-state index contributed by atoms with van der Waals surface area (Å²) in [6.45, 7) is 4.93. The first-order chi connectivity index (χ1) is 8.98. The third-order valence-electron chi connectivity index (χ3n) is 3.29. The van der Waals surface area contributed by atoms with Crippen molar-refractivity contribution in [1.29, 1.82) is 10.5 Å². The molecule has 0 bridgehead atoms. The fourth-order valence-electron chi connectivity index (χ4n) is 1.89. The molecule has 0 aromatic heterocycles. The second-order valence-corrected chi connectivity index (χ2v) is 5.53. The SMILES string of the molecule is CN(CCCCC(C)(C)C#N)c1ccc(C#N)cc1. The molecule has 0 aliphatic heterocycles. The van der Waals surface area contributed by atoms with Gasteiger partial charge in [0, 0.05) is 19.3 Å². The van der Waals surface area contributed by atoms with Crippen LogP contribution < -0.4 is 4.90 Å². The second-order valence-electron chi connectivity index (χ2n) is 5.53. The average molecular weight is 255 g/mol. The first-order valence-corrected chi connectivity index (χ1v) is 6.61. The van der Waals surface area contributed by atoms with Crippen molar-refractivity contribution in [3.05, 3.63) is 29.8 Å². The number of nitrogens with zero attached hydrogens (tertiary/aromatic N) is 3. The molecule has 0 aliphatic rings. The van der Waals surface area contributed by atoms with Gasteiger partial charge in [0.2, 0.25) is 0 Å². The molecule has 0 fully saturated rings. The normalized spacial score (nSPS) is 10.6. The van der Waals surface area contributed by atoms with Gasteiger partial charge in [-0.25, -0.2) is 0 Å². The first kappa shape index (κ1) is 15.1. The molecule has 3 heteroatoms. The maximum Gasteiger partial charge on any atom is 0.0991 e. The molecule has 0 saturated carbocycles. The third-order valence-corrected chi connectivity index (χ3v) is 3.29. The molecule has 0 saturated heterocycles. The predicted molar refractivity (Wildman–Crippen MR) is 77.7 cm³/mol. The van der Waals surface area contributed by atoms with Crippen molar-refractivity contribution in [3.63, 3.8) is 0 Å². The highest BCUT2D eigenvalue weighted by Crippen LogP contribution is 2.22. The lowest BCUT2D eigenvalue weighted by atomic mass is 9.89. The molecule has 1 rings (SSSR count). The topological polar surface area (TPSA) is 50.8 Å². The maximum atomic E-state index is 8.94. The van der Waals surface area contributed by atoms with Gasteiger partial charge in [0.15, 0.2) is 0 Å². The highest BCUT2D eigenvalue weighted by molar-refractivity contribution is 5.48. The zero-order valence-corrected chi connectivity index (χ0v) is 12.0. The van der Waals surface area contributed by atoms with E-state index in [0.717, 1.165) is 31.5 Å². The Morgan fingerprint density at radius 1 is 1.11 bits per heavy atom. The van der Waals surface area contributed by atoms with Crippen molar-refractivity contribution < 1.29 is 0 Å². The molecule has 100 valence electrons. The number of benzene rings is 1. The van der Waals surface area contributed by atoms with Crippen LogP contribution in [-0.4, -0.2) is 13.6 Å². The van der Waals surface area contributed by atoms with Crippen LogP contribution in [0.15, 0.2) is 24.3 Å². The molecule has 0 aliphatic carbocycles. The highest BCUT2D eigenvalue weighted by atomic mass is 15.1. The lowest BCUT2D eigenvalue weighted by Gasteiger charge is -2.20. The van der Waals surface area contributed by atoms with E-state index in [9.17, 15) is 0 Å². The summed E-state index contributed by atoms with van der Waals surface area (Å²) in [6.07, 6.45) is 3.06. The van der Waals surface area contributed by atoms with Crippen LogP contribution in [0.3, 0.4) is 0 Å². The van der Waals surface area contributed by atoms with Crippen LogP contribution in [0, 0.1) is 28.1 Å². The van der Waals surface area contributed by atoms with E-state index < -0.39 is 0 Å². The lowest BCUT2D eigenvalue weighted by molar-refractivity contribution is 0.427. The van der Waals surface area contributed by atoms with E-state index in [1.807, 2.05) is 38.1 Å². The standard InChI is InChI=1S/C16H21N3/c1-16(2,13-18)10-4-5-11-19(3)15-8-6-14(12-17)7-9-15/h6-9H,4-5,10-11H2,1-3H3. The van der Waals surface area contributed by atoms with Crippen LogP contribution >= 0.6 is 0 Å². The molecule has 0 unspecified atom stereocenters. The minimum absolute atomic E-state index is 0.215. The molecular weight excluding hydrogens is 234 g/mol. The van der Waals surface area contributed by atoms with Gasteiger partial charge in [0.25, 0.3) is 0 Å². The third kappa shape index (κ3) is 5.02. The number of rotatable bonds is 6. The Hall–Kier alpha value is -2.00. The predicted octanol–water partition coefficient (Wildman–Crippen LogP) is 3.71. The largest absolute Gasteiger partial charge is 0.375 e. The summed E-state index contributed by atoms with van der Waals surface area (Å²) in [5, 5.41) is 17.7. The van der Waals surface area contributed by atoms with E-state index in [4.69, 9.17) is 10.5 Å². The Kier molecular flexibility index (Phi) is 5.39. The van der Waals surface area contributed by atoms with Gasteiger partial charge in [-0.05, 0) is 51.0 Å². The van der Waals surface area contributed by atoms with E-state index in [1.54, 1.807) is 0 Å². The molecule has 19 heavy (non-hydrogen) atoms. The number of hydrogen-bond donors (Lipinski definition) is 0. The number of nitriles is 2. The van der Waals surface area contributed by atoms with Crippen molar-refractivity contribution in [3.8, 4) is 12.1 Å². The van der Waals surface area contributed by atoms with E-state index in [1.165, 1.54) is 0 Å². The summed E-state index contributed by atoms with van der Waals surface area (Å²) in [4.78, 5) is 2.18. The number of unbranched alkanes of at least 4 members (excludes halogenated alkanes) is 1. The average Bonchev–Trinajstić information content (AvgIpc) is 2.43. The zero-order chi connectivity index (χ0) is 14.3. The fraction of sp³-hybridized carbons (Fsp3) is 0.500. The fourth-order valence-corrected chi connectivity index (χ4v) is 1.89. The van der Waals surface area contributed by atoms with E-state index in [2.05, 4.69) is 24.1 Å². The van der Waals surface area contributed by atoms with Crippen molar-refractivity contribution >= 4 is 5.69 Å². The maximum absolute atomic E-state index is 8.94. The van der Waals surface area contributed by atoms with Gasteiger partial charge in [-0.15, -0.1) is 0 Å². The summed E-state index contributed by atoms with van der Waals surface area (Å²) in [6, 6.07) is 12.1. The molecule has 1 aromatic rings. The zero-order valence-electron chi connectivity index (χ0n) is 12.0. The van der Waals surface area contributed by atoms with Gasteiger partial charge in [-0.3, -0.25) is 0 Å². The summed E-state index contributed by atoms with van der Waals surface area (Å²) in [7, 11) is 2.05. The lowest BCUT2D eigenvalue weighted by Crippen LogP contribution is -2.19. The summed E-state index contributed by atoms with van der Waals surface area (Å²) < 4.78 is 0. The summed E-state index contributed by atoms with van der Waals surface area (Å²) in [5.74, 6) is 0. The molecule has 1 aromatic carbocycles. The summed E-state index contributed by atoms with van der Waals surface area (Å²) >= 11 is 0. The Balaban J connectivity index is 2.37. The highest BCUT2D eigenvalue weighted by Gasteiger charge is 2.15. The molecule has 0 radical (unpaired) electrons. The molecule has 3 nitrogen and oxygen atoms in total. The summed E-state index contributed by atoms with van der Waals surface area (Å²) in [5.41, 5.74) is 1.60. The van der Waals surface area contributed by atoms with Gasteiger partial charge >= 0.3 is 0 Å². The monoisotopic (exact) mass is 255 g/mol. The Morgan fingerprint density at radius 3 is 2.26 bits per heavy atom. The van der Waals surface area contributed by atoms with Gasteiger partial charge in [0.1, 0.15) is 0 Å². The second kappa shape index (κ2) is 6.81. The van der Waals surface area contributed by atoms with Gasteiger partial charge in [0.05, 0.1) is 23.1 Å². The quantitative estimate of drug-likeness (QED) is 0.728. The molecule has 0 spiro atoms. The van der Waals surface area contributed by atoms with Crippen LogP contribution in [0.5, 0.6) is 0 Å². The molecule has 0 atom stereocenters. The first-order valence-electron chi connectivity index (χ1n) is 6.61. The smallest absolute Gasteiger partial charge is 0.0991 e. The molecule has 0 heterocycles. The number of anilines is 1. The van der Waals surface area contributed by atoms with Crippen molar-refractivity contribution in [2.45, 2.75) is 33.1 Å². The van der Waals surface area contributed by atoms with E-state index in [-0.39, 0.29) is 5.41 Å². The van der Waals surface area contributed by atoms with Crippen LogP contribution in [0.25, 0.3) is 0 Å². The van der Waals surface area contributed by atoms with Crippen LogP contribution in [0.1, 0.15) is 38.7 Å². The molecular formula is C16H21N3. The Bertz CT molecular complexity index is 474. The Labute approximate surface area is 116 Å². The van der Waals surface area contributed by atoms with Gasteiger partial charge in [-0.2, -0.15) is 10.5 Å². The van der Waals surface area contributed by atoms with Crippen molar-refractivity contribution in [2.75, 3.05) is 18.5 Å². The minimum Gasteiger partial charge on any atom is -0.375 e. The Morgan fingerprint density at radius 2 is 1.74 bits per heavy atom. The van der Waals surface area contributed by atoms with Crippen LogP contribution in [-0.2, 0) is 0 Å². The van der Waals surface area contributed by atoms with Gasteiger partial charge < -0.3 is 4.90 Å². The van der Waals surface area contributed by atoms with Crippen LogP contribution in [0.4, 0.5) is 5.69 Å². The van der Waals surface area contributed by atoms with Crippen molar-refractivity contribution in [2.24, 2.45) is 5.41 Å². The molecule has 0 N–H and O–H groups in total. The van der Waals surface area contributed by atoms with Gasteiger partial charge in [-0.1, -0.05) is 6.42 Å². The van der Waals surface area contributed by atoms with Crippen LogP contribution in [0.2, 0.25) is 0 Å². The molecule has 0 amide bonds. The minimum atomic E-state index is -0.215. The number of hydrogen-bond acceptors (Lipinski definition) is 3. The van der Waals surface area contributed by atoms with E-state index >= 15 is 0 Å².